The Labute approximate surface area is 117 Å². The summed E-state index contributed by atoms with van der Waals surface area (Å²) in [4.78, 5) is 22.6. The van der Waals surface area contributed by atoms with E-state index in [1.165, 1.54) is 25.7 Å². The van der Waals surface area contributed by atoms with E-state index in [1.54, 1.807) is 0 Å². The van der Waals surface area contributed by atoms with Crippen LogP contribution in [0.3, 0.4) is 0 Å². The highest BCUT2D eigenvalue weighted by molar-refractivity contribution is 6.02. The van der Waals surface area contributed by atoms with Crippen LogP contribution in [-0.4, -0.2) is 11.7 Å². The quantitative estimate of drug-likeness (QED) is 0.364. The minimum atomic E-state index is 0.0296. The van der Waals surface area contributed by atoms with E-state index in [2.05, 4.69) is 12.2 Å². The van der Waals surface area contributed by atoms with Crippen LogP contribution in [0.4, 0.5) is 0 Å². The molecule has 1 aliphatic rings. The third kappa shape index (κ3) is 7.79. The van der Waals surface area contributed by atoms with E-state index in [9.17, 15) is 9.59 Å². The highest BCUT2D eigenvalue weighted by Gasteiger charge is 2.10. The van der Waals surface area contributed by atoms with E-state index < -0.39 is 0 Å². The maximum atomic E-state index is 11.8. The van der Waals surface area contributed by atoms with Gasteiger partial charge < -0.3 is 0 Å². The van der Waals surface area contributed by atoms with Gasteiger partial charge in [-0.3, -0.25) is 4.79 Å². The van der Waals surface area contributed by atoms with Gasteiger partial charge in [-0.25, -0.2) is 4.79 Å². The third-order valence-corrected chi connectivity index (χ3v) is 3.70. The normalized spacial score (nSPS) is 22.7. The second kappa shape index (κ2) is 10.8. The van der Waals surface area contributed by atoms with Crippen molar-refractivity contribution in [3.63, 3.8) is 0 Å². The van der Waals surface area contributed by atoms with Gasteiger partial charge in [-0.2, -0.15) is 0 Å². The van der Waals surface area contributed by atoms with E-state index in [-0.39, 0.29) is 5.78 Å². The zero-order valence-corrected chi connectivity index (χ0v) is 12.0. The van der Waals surface area contributed by atoms with Gasteiger partial charge in [0.15, 0.2) is 5.78 Å². The second-order valence-electron chi connectivity index (χ2n) is 5.38. The molecule has 2 heteroatoms. The number of Topliss-reactive ketones (excluding diaryl/α,β-unsaturated/α-hetero) is 1. The van der Waals surface area contributed by atoms with Crippen LogP contribution in [0.5, 0.6) is 0 Å². The molecule has 1 rings (SSSR count). The number of carbonyl (C=O) groups excluding carboxylic acids is 2. The Morgan fingerprint density at radius 3 is 1.95 bits per heavy atom. The number of allylic oxidation sites excluding steroid dienone is 3. The van der Waals surface area contributed by atoms with Crippen LogP contribution in [0.25, 0.3) is 0 Å². The first kappa shape index (κ1) is 15.9. The highest BCUT2D eigenvalue weighted by Crippen LogP contribution is 2.14. The summed E-state index contributed by atoms with van der Waals surface area (Å²) in [6.45, 7) is 0. The predicted octanol–water partition coefficient (Wildman–Crippen LogP) is 4.56. The summed E-state index contributed by atoms with van der Waals surface area (Å²) in [7, 11) is 0. The van der Waals surface area contributed by atoms with Crippen molar-refractivity contribution in [2.45, 2.75) is 77.0 Å². The fourth-order valence-corrected chi connectivity index (χ4v) is 2.45. The van der Waals surface area contributed by atoms with Gasteiger partial charge in [0.2, 0.25) is 0 Å². The summed E-state index contributed by atoms with van der Waals surface area (Å²) in [6, 6.07) is 0. The number of hydrogen-bond donors (Lipinski definition) is 0. The molecule has 0 aromatic heterocycles. The summed E-state index contributed by atoms with van der Waals surface area (Å²) in [5.41, 5.74) is 0.391. The Kier molecular flexibility index (Phi) is 9.01. The summed E-state index contributed by atoms with van der Waals surface area (Å²) in [6.07, 6.45) is 16.9. The van der Waals surface area contributed by atoms with E-state index in [0.29, 0.717) is 18.4 Å². The van der Waals surface area contributed by atoms with E-state index in [0.717, 1.165) is 38.5 Å². The van der Waals surface area contributed by atoms with Crippen molar-refractivity contribution in [1.82, 2.24) is 0 Å². The predicted molar refractivity (Wildman–Crippen MR) is 78.8 cm³/mol. The topological polar surface area (TPSA) is 34.1 Å². The van der Waals surface area contributed by atoms with E-state index in [4.69, 9.17) is 0 Å². The van der Waals surface area contributed by atoms with Crippen molar-refractivity contribution < 1.29 is 9.59 Å². The van der Waals surface area contributed by atoms with Crippen LogP contribution < -0.4 is 0 Å². The second-order valence-corrected chi connectivity index (χ2v) is 5.38. The number of hydrogen-bond acceptors (Lipinski definition) is 2. The van der Waals surface area contributed by atoms with Gasteiger partial charge >= 0.3 is 0 Å². The third-order valence-electron chi connectivity index (χ3n) is 3.70. The minimum Gasteiger partial charge on any atom is -0.294 e. The molecular formula is C17H26O2. The highest BCUT2D eigenvalue weighted by atomic mass is 16.1. The zero-order chi connectivity index (χ0) is 13.8. The summed E-state index contributed by atoms with van der Waals surface area (Å²) in [5.74, 6) is 1.89. The molecule has 0 saturated heterocycles. The molecule has 0 amide bonds. The molecule has 0 N–H and O–H groups in total. The Morgan fingerprint density at radius 2 is 1.26 bits per heavy atom. The molecule has 106 valence electrons. The number of rotatable bonds is 0. The minimum absolute atomic E-state index is 0.0296. The molecule has 0 aliphatic heterocycles. The molecule has 0 unspecified atom stereocenters. The van der Waals surface area contributed by atoms with Gasteiger partial charge in [0.25, 0.3) is 0 Å². The summed E-state index contributed by atoms with van der Waals surface area (Å²) in [5, 5.41) is 0. The molecule has 0 fully saturated rings. The average Bonchev–Trinajstić information content (AvgIpc) is 2.42. The number of ketones is 1. The fourth-order valence-electron chi connectivity index (χ4n) is 2.45. The van der Waals surface area contributed by atoms with Crippen molar-refractivity contribution >= 4 is 11.7 Å². The molecule has 0 aromatic rings. The first-order valence-electron chi connectivity index (χ1n) is 7.77. The van der Waals surface area contributed by atoms with Crippen molar-refractivity contribution in [3.8, 4) is 0 Å². The monoisotopic (exact) mass is 262 g/mol. The van der Waals surface area contributed by atoms with Crippen molar-refractivity contribution in [1.29, 1.82) is 0 Å². The average molecular weight is 262 g/mol. The zero-order valence-electron chi connectivity index (χ0n) is 12.0. The molecule has 0 aromatic carbocycles. The van der Waals surface area contributed by atoms with Crippen LogP contribution in [0.2, 0.25) is 0 Å². The maximum Gasteiger partial charge on any atom is 0.169 e. The lowest BCUT2D eigenvalue weighted by atomic mass is 9.99. The molecule has 0 atom stereocenters. The lowest BCUT2D eigenvalue weighted by Crippen LogP contribution is -2.03. The van der Waals surface area contributed by atoms with E-state index in [1.807, 2.05) is 5.94 Å². The van der Waals surface area contributed by atoms with Crippen molar-refractivity contribution in [2.24, 2.45) is 0 Å². The van der Waals surface area contributed by atoms with Crippen LogP contribution in [0.15, 0.2) is 17.7 Å². The summed E-state index contributed by atoms with van der Waals surface area (Å²) < 4.78 is 0. The van der Waals surface area contributed by atoms with Crippen LogP contribution in [0.1, 0.15) is 77.0 Å². The smallest absolute Gasteiger partial charge is 0.169 e. The first-order chi connectivity index (χ1) is 9.34. The van der Waals surface area contributed by atoms with Gasteiger partial charge in [-0.05, 0) is 44.9 Å². The Hall–Kier alpha value is -1.14. The molecule has 1 aliphatic carbocycles. The molecule has 2 nitrogen and oxygen atoms in total. The van der Waals surface area contributed by atoms with E-state index >= 15 is 0 Å². The standard InChI is InChI=1S/C17H26O2/c18-15-16-13-11-9-7-5-3-1-2-4-6-8-10-12-14-17(16)19/h1,3H,2,4-14H2/b3-1+. The molecule has 0 radical (unpaired) electrons. The maximum absolute atomic E-state index is 11.8. The van der Waals surface area contributed by atoms with Crippen LogP contribution >= 0.6 is 0 Å². The Morgan fingerprint density at radius 1 is 0.737 bits per heavy atom. The molecule has 19 heavy (non-hydrogen) atoms. The van der Waals surface area contributed by atoms with Crippen molar-refractivity contribution in [2.75, 3.05) is 0 Å². The molecule has 0 heterocycles. The van der Waals surface area contributed by atoms with Crippen molar-refractivity contribution in [3.05, 3.63) is 17.7 Å². The van der Waals surface area contributed by atoms with Crippen LogP contribution in [0, 0.1) is 0 Å². The van der Waals surface area contributed by atoms with Gasteiger partial charge in [-0.15, -0.1) is 0 Å². The largest absolute Gasteiger partial charge is 0.294 e. The lowest BCUT2D eigenvalue weighted by molar-refractivity contribution is -0.115. The van der Waals surface area contributed by atoms with Gasteiger partial charge in [-0.1, -0.05) is 37.8 Å². The lowest BCUT2D eigenvalue weighted by Gasteiger charge is -2.04. The first-order valence-corrected chi connectivity index (χ1v) is 7.77. The Bertz CT molecular complexity index is 335. The molecule has 0 bridgehead atoms. The Balaban J connectivity index is 2.41. The number of carbonyl (C=O) groups is 1. The SMILES string of the molecule is O=C=C1CCCCC/C=C/CCCCCCCC1=O. The summed E-state index contributed by atoms with van der Waals surface area (Å²) >= 11 is 0. The molecule has 0 spiro atoms. The van der Waals surface area contributed by atoms with Gasteiger partial charge in [0.05, 0.1) is 5.57 Å². The molecule has 0 saturated carbocycles. The van der Waals surface area contributed by atoms with Gasteiger partial charge in [0.1, 0.15) is 5.94 Å². The van der Waals surface area contributed by atoms with Gasteiger partial charge in [0, 0.05) is 6.42 Å². The van der Waals surface area contributed by atoms with Crippen LogP contribution in [-0.2, 0) is 9.59 Å². The molecular weight excluding hydrogens is 236 g/mol. The fraction of sp³-hybridized carbons (Fsp3) is 0.706.